The molecule has 0 spiro atoms. The maximum atomic E-state index is 3.71. The first-order chi connectivity index (χ1) is 9.63. The molecule has 114 valence electrons. The Morgan fingerprint density at radius 3 is 2.55 bits per heavy atom. The van der Waals surface area contributed by atoms with Crippen molar-refractivity contribution in [3.63, 3.8) is 0 Å². The molecule has 0 heterocycles. The average Bonchev–Trinajstić information content (AvgIpc) is 2.42. The second kappa shape index (κ2) is 10.3. The van der Waals surface area contributed by atoms with E-state index in [4.69, 9.17) is 0 Å². The minimum atomic E-state index is 0.651. The number of aryl methyl sites for hydroxylation is 1. The monoisotopic (exact) mass is 293 g/mol. The number of thioether (sulfide) groups is 1. The molecule has 2 heteroatoms. The lowest BCUT2D eigenvalue weighted by atomic mass is 10.0. The molecule has 1 N–H and O–H groups in total. The Labute approximate surface area is 129 Å². The van der Waals surface area contributed by atoms with Gasteiger partial charge in [0.25, 0.3) is 0 Å². The summed E-state index contributed by atoms with van der Waals surface area (Å²) in [5, 5.41) is 3.71. The van der Waals surface area contributed by atoms with Crippen LogP contribution in [0.3, 0.4) is 0 Å². The Morgan fingerprint density at radius 1 is 1.15 bits per heavy atom. The van der Waals surface area contributed by atoms with E-state index in [-0.39, 0.29) is 0 Å². The summed E-state index contributed by atoms with van der Waals surface area (Å²) in [6.45, 7) is 10.2. The highest BCUT2D eigenvalue weighted by Gasteiger charge is 2.09. The van der Waals surface area contributed by atoms with E-state index in [0.29, 0.717) is 6.04 Å². The SMILES string of the molecule is CCCNC(CCCC(C)C)CSc1ccccc1C. The Hall–Kier alpha value is -0.470. The fourth-order valence-corrected chi connectivity index (χ4v) is 3.41. The van der Waals surface area contributed by atoms with Crippen LogP contribution in [0.4, 0.5) is 0 Å². The van der Waals surface area contributed by atoms with Crippen LogP contribution in [0.25, 0.3) is 0 Å². The normalized spacial score (nSPS) is 12.8. The van der Waals surface area contributed by atoms with E-state index < -0.39 is 0 Å². The van der Waals surface area contributed by atoms with Gasteiger partial charge in [0.2, 0.25) is 0 Å². The van der Waals surface area contributed by atoms with Crippen molar-refractivity contribution in [3.05, 3.63) is 29.8 Å². The largest absolute Gasteiger partial charge is 0.313 e. The molecule has 0 aliphatic rings. The first-order valence-electron chi connectivity index (χ1n) is 8.05. The van der Waals surface area contributed by atoms with Crippen molar-refractivity contribution in [2.45, 2.75) is 64.3 Å². The Balaban J connectivity index is 2.41. The molecule has 1 nitrogen and oxygen atoms in total. The molecule has 20 heavy (non-hydrogen) atoms. The van der Waals surface area contributed by atoms with Crippen molar-refractivity contribution < 1.29 is 0 Å². The molecule has 1 aromatic carbocycles. The maximum absolute atomic E-state index is 3.71. The van der Waals surface area contributed by atoms with E-state index in [0.717, 1.165) is 12.5 Å². The first kappa shape index (κ1) is 17.6. The lowest BCUT2D eigenvalue weighted by Gasteiger charge is -2.19. The van der Waals surface area contributed by atoms with Crippen molar-refractivity contribution in [2.75, 3.05) is 12.3 Å². The summed E-state index contributed by atoms with van der Waals surface area (Å²) in [7, 11) is 0. The first-order valence-corrected chi connectivity index (χ1v) is 9.03. The molecule has 1 aromatic rings. The average molecular weight is 294 g/mol. The number of nitrogens with one attached hydrogen (secondary N) is 1. The summed E-state index contributed by atoms with van der Waals surface area (Å²) in [6, 6.07) is 9.36. The van der Waals surface area contributed by atoms with Gasteiger partial charge >= 0.3 is 0 Å². The summed E-state index contributed by atoms with van der Waals surface area (Å²) >= 11 is 2.00. The van der Waals surface area contributed by atoms with Gasteiger partial charge in [-0.15, -0.1) is 11.8 Å². The predicted molar refractivity (Wildman–Crippen MR) is 92.7 cm³/mol. The lowest BCUT2D eigenvalue weighted by molar-refractivity contribution is 0.462. The summed E-state index contributed by atoms with van der Waals surface area (Å²) in [6.07, 6.45) is 5.21. The third kappa shape index (κ3) is 7.35. The number of rotatable bonds is 10. The van der Waals surface area contributed by atoms with Crippen molar-refractivity contribution in [1.29, 1.82) is 0 Å². The van der Waals surface area contributed by atoms with E-state index in [1.807, 2.05) is 11.8 Å². The molecular formula is C18H31NS. The Morgan fingerprint density at radius 2 is 1.90 bits per heavy atom. The minimum Gasteiger partial charge on any atom is -0.313 e. The molecule has 0 aliphatic heterocycles. The zero-order chi connectivity index (χ0) is 14.8. The molecule has 0 amide bonds. The minimum absolute atomic E-state index is 0.651. The van der Waals surface area contributed by atoms with Crippen LogP contribution >= 0.6 is 11.8 Å². The van der Waals surface area contributed by atoms with Crippen LogP contribution in [0.1, 0.15) is 52.0 Å². The molecule has 0 radical (unpaired) electrons. The third-order valence-corrected chi connectivity index (χ3v) is 4.89. The van der Waals surface area contributed by atoms with Gasteiger partial charge in [-0.3, -0.25) is 0 Å². The highest BCUT2D eigenvalue weighted by molar-refractivity contribution is 7.99. The van der Waals surface area contributed by atoms with Crippen LogP contribution in [0.2, 0.25) is 0 Å². The van der Waals surface area contributed by atoms with Gasteiger partial charge < -0.3 is 5.32 Å². The van der Waals surface area contributed by atoms with Crippen LogP contribution in [0.15, 0.2) is 29.2 Å². The van der Waals surface area contributed by atoms with Crippen molar-refractivity contribution in [1.82, 2.24) is 5.32 Å². The Kier molecular flexibility index (Phi) is 9.04. The highest BCUT2D eigenvalue weighted by atomic mass is 32.2. The summed E-state index contributed by atoms with van der Waals surface area (Å²) < 4.78 is 0. The van der Waals surface area contributed by atoms with Crippen molar-refractivity contribution in [2.24, 2.45) is 5.92 Å². The standard InChI is InChI=1S/C18H31NS/c1-5-13-19-17(11-8-9-15(2)3)14-20-18-12-7-6-10-16(18)4/h6-7,10,12,15,17,19H,5,8-9,11,13-14H2,1-4H3. The van der Waals surface area contributed by atoms with Crippen LogP contribution in [-0.2, 0) is 0 Å². The number of hydrogen-bond acceptors (Lipinski definition) is 2. The smallest absolute Gasteiger partial charge is 0.0161 e. The van der Waals surface area contributed by atoms with Gasteiger partial charge in [-0.25, -0.2) is 0 Å². The molecule has 1 atom stereocenters. The fourth-order valence-electron chi connectivity index (χ4n) is 2.27. The molecule has 0 fully saturated rings. The van der Waals surface area contributed by atoms with Crippen LogP contribution in [0.5, 0.6) is 0 Å². The van der Waals surface area contributed by atoms with Crippen LogP contribution in [0, 0.1) is 12.8 Å². The van der Waals surface area contributed by atoms with Crippen LogP contribution < -0.4 is 5.32 Å². The van der Waals surface area contributed by atoms with E-state index >= 15 is 0 Å². The zero-order valence-corrected chi connectivity index (χ0v) is 14.4. The molecule has 1 rings (SSSR count). The van der Waals surface area contributed by atoms with Gasteiger partial charge in [0.15, 0.2) is 0 Å². The number of benzene rings is 1. The Bertz CT molecular complexity index is 362. The van der Waals surface area contributed by atoms with Gasteiger partial charge in [-0.1, -0.05) is 51.8 Å². The fraction of sp³-hybridized carbons (Fsp3) is 0.667. The maximum Gasteiger partial charge on any atom is 0.0161 e. The lowest BCUT2D eigenvalue weighted by Crippen LogP contribution is -2.32. The van der Waals surface area contributed by atoms with Gasteiger partial charge in [0.05, 0.1) is 0 Å². The quantitative estimate of drug-likeness (QED) is 0.589. The van der Waals surface area contributed by atoms with E-state index in [9.17, 15) is 0 Å². The molecule has 0 saturated carbocycles. The summed E-state index contributed by atoms with van der Waals surface area (Å²) in [5.41, 5.74) is 1.40. The van der Waals surface area contributed by atoms with Gasteiger partial charge in [0.1, 0.15) is 0 Å². The highest BCUT2D eigenvalue weighted by Crippen LogP contribution is 2.23. The third-order valence-electron chi connectivity index (χ3n) is 3.55. The summed E-state index contributed by atoms with van der Waals surface area (Å²) in [4.78, 5) is 1.43. The van der Waals surface area contributed by atoms with E-state index in [2.05, 4.69) is 57.3 Å². The van der Waals surface area contributed by atoms with E-state index in [1.165, 1.54) is 41.9 Å². The van der Waals surface area contributed by atoms with Gasteiger partial charge in [-0.2, -0.15) is 0 Å². The van der Waals surface area contributed by atoms with Gasteiger partial charge in [0, 0.05) is 16.7 Å². The second-order valence-electron chi connectivity index (χ2n) is 6.05. The molecule has 1 unspecified atom stereocenters. The molecular weight excluding hydrogens is 262 g/mol. The van der Waals surface area contributed by atoms with E-state index in [1.54, 1.807) is 0 Å². The summed E-state index contributed by atoms with van der Waals surface area (Å²) in [5.74, 6) is 2.01. The van der Waals surface area contributed by atoms with Crippen LogP contribution in [-0.4, -0.2) is 18.3 Å². The molecule has 0 aliphatic carbocycles. The molecule has 0 aromatic heterocycles. The molecule has 0 bridgehead atoms. The molecule has 0 saturated heterocycles. The van der Waals surface area contributed by atoms with Gasteiger partial charge in [-0.05, 0) is 43.9 Å². The predicted octanol–water partition coefficient (Wildman–Crippen LogP) is 5.28. The zero-order valence-electron chi connectivity index (χ0n) is 13.6. The van der Waals surface area contributed by atoms with Crippen molar-refractivity contribution in [3.8, 4) is 0 Å². The topological polar surface area (TPSA) is 12.0 Å². The number of hydrogen-bond donors (Lipinski definition) is 1. The second-order valence-corrected chi connectivity index (χ2v) is 7.11. The van der Waals surface area contributed by atoms with Crippen molar-refractivity contribution >= 4 is 11.8 Å².